The van der Waals surface area contributed by atoms with Crippen LogP contribution in [0.3, 0.4) is 0 Å². The summed E-state index contributed by atoms with van der Waals surface area (Å²) in [6.07, 6.45) is 0.292. The van der Waals surface area contributed by atoms with Crippen LogP contribution in [0, 0.1) is 0 Å². The molecular formula is C38H54N2O4. The Morgan fingerprint density at radius 1 is 0.636 bits per heavy atom. The topological polar surface area (TPSA) is 67.9 Å². The maximum Gasteiger partial charge on any atom is 0.323 e. The molecule has 0 bridgehead atoms. The summed E-state index contributed by atoms with van der Waals surface area (Å²) in [5.41, 5.74) is 0.750. The smallest absolute Gasteiger partial charge is 0.323 e. The van der Waals surface area contributed by atoms with Crippen LogP contribution in [-0.2, 0) is 24.6 Å². The van der Waals surface area contributed by atoms with E-state index < -0.39 is 28.8 Å². The van der Waals surface area contributed by atoms with Crippen LogP contribution in [0.2, 0.25) is 0 Å². The Morgan fingerprint density at radius 2 is 1.00 bits per heavy atom. The summed E-state index contributed by atoms with van der Waals surface area (Å²) < 4.78 is 11.4. The van der Waals surface area contributed by atoms with Crippen LogP contribution in [0.4, 0.5) is 0 Å². The van der Waals surface area contributed by atoms with Crippen LogP contribution in [0.15, 0.2) is 91.0 Å². The summed E-state index contributed by atoms with van der Waals surface area (Å²) in [5, 5.41) is 3.67. The van der Waals surface area contributed by atoms with Crippen molar-refractivity contribution in [1.29, 1.82) is 0 Å². The predicted octanol–water partition coefficient (Wildman–Crippen LogP) is 7.75. The molecule has 3 aromatic carbocycles. The second-order valence-corrected chi connectivity index (χ2v) is 12.8. The lowest BCUT2D eigenvalue weighted by Crippen LogP contribution is -2.54. The summed E-state index contributed by atoms with van der Waals surface area (Å²) in [4.78, 5) is 28.6. The third-order valence-electron chi connectivity index (χ3n) is 7.10. The zero-order chi connectivity index (χ0) is 32.8. The molecule has 0 fully saturated rings. The van der Waals surface area contributed by atoms with E-state index in [1.807, 2.05) is 133 Å². The van der Waals surface area contributed by atoms with Gasteiger partial charge in [-0.25, -0.2) is 0 Å². The van der Waals surface area contributed by atoms with Gasteiger partial charge in [0.25, 0.3) is 0 Å². The minimum atomic E-state index is -0.876. The first-order valence-corrected chi connectivity index (χ1v) is 15.9. The predicted molar refractivity (Wildman–Crippen MR) is 181 cm³/mol. The molecule has 3 aromatic rings. The SMILES string of the molecule is CC(C)(C)OC(=O)CC[C@H](NC(c1ccccc1)(c1ccccc1)c1ccccc1)C(=O)OC(C)(C)C.CCN(CC)CC. The Hall–Kier alpha value is -3.48. The van der Waals surface area contributed by atoms with E-state index in [0.717, 1.165) is 16.7 Å². The number of hydrogen-bond acceptors (Lipinski definition) is 6. The van der Waals surface area contributed by atoms with Crippen molar-refractivity contribution in [2.45, 2.75) is 97.9 Å². The Labute approximate surface area is 266 Å². The largest absolute Gasteiger partial charge is 0.460 e. The van der Waals surface area contributed by atoms with Gasteiger partial charge in [-0.05, 0) is 84.3 Å². The molecule has 0 aliphatic heterocycles. The molecule has 44 heavy (non-hydrogen) atoms. The zero-order valence-electron chi connectivity index (χ0n) is 28.4. The summed E-state index contributed by atoms with van der Waals surface area (Å²) in [6.45, 7) is 21.1. The van der Waals surface area contributed by atoms with Gasteiger partial charge in [0.05, 0.1) is 5.54 Å². The van der Waals surface area contributed by atoms with E-state index in [9.17, 15) is 9.59 Å². The van der Waals surface area contributed by atoms with E-state index in [-0.39, 0.29) is 18.8 Å². The molecule has 0 heterocycles. The highest BCUT2D eigenvalue weighted by Crippen LogP contribution is 2.38. The summed E-state index contributed by atoms with van der Waals surface area (Å²) in [5.74, 6) is -0.768. The summed E-state index contributed by atoms with van der Waals surface area (Å²) >= 11 is 0. The lowest BCUT2D eigenvalue weighted by molar-refractivity contribution is -0.159. The lowest BCUT2D eigenvalue weighted by atomic mass is 9.76. The van der Waals surface area contributed by atoms with Crippen molar-refractivity contribution in [3.63, 3.8) is 0 Å². The van der Waals surface area contributed by atoms with Crippen LogP contribution in [-0.4, -0.2) is 53.7 Å². The molecule has 6 nitrogen and oxygen atoms in total. The monoisotopic (exact) mass is 602 g/mol. The highest BCUT2D eigenvalue weighted by molar-refractivity contribution is 5.78. The van der Waals surface area contributed by atoms with Gasteiger partial charge in [0.2, 0.25) is 0 Å². The fraction of sp³-hybridized carbons (Fsp3) is 0.474. The fourth-order valence-corrected chi connectivity index (χ4v) is 5.02. The van der Waals surface area contributed by atoms with Gasteiger partial charge < -0.3 is 14.4 Å². The molecule has 6 heteroatoms. The first kappa shape index (κ1) is 36.7. The van der Waals surface area contributed by atoms with Gasteiger partial charge in [0.15, 0.2) is 0 Å². The number of carbonyl (C=O) groups excluding carboxylic acids is 2. The third kappa shape index (κ3) is 11.5. The lowest BCUT2D eigenvalue weighted by Gasteiger charge is -2.40. The van der Waals surface area contributed by atoms with Crippen molar-refractivity contribution >= 4 is 11.9 Å². The standard InChI is InChI=1S/C32H39NO4.C6H15N/c1-30(2,3)36-28(34)23-22-27(29(35)37-31(4,5)6)33-32(24-16-10-7-11-17-24,25-18-12-8-13-19-25)26-20-14-9-15-21-26;1-4-7(5-2)6-3/h7-21,27,33H,22-23H2,1-6H3;4-6H2,1-3H3/t27-;/m0./s1. The highest BCUT2D eigenvalue weighted by Gasteiger charge is 2.41. The van der Waals surface area contributed by atoms with E-state index in [1.165, 1.54) is 19.6 Å². The first-order chi connectivity index (χ1) is 20.8. The normalized spacial score (nSPS) is 12.6. The van der Waals surface area contributed by atoms with Gasteiger partial charge in [0, 0.05) is 6.42 Å². The average Bonchev–Trinajstić information content (AvgIpc) is 2.98. The van der Waals surface area contributed by atoms with Gasteiger partial charge >= 0.3 is 11.9 Å². The number of hydrogen-bond donors (Lipinski definition) is 1. The minimum Gasteiger partial charge on any atom is -0.460 e. The zero-order valence-corrected chi connectivity index (χ0v) is 28.4. The molecule has 0 aliphatic rings. The molecule has 0 aromatic heterocycles. The molecule has 0 saturated heterocycles. The number of nitrogens with zero attached hydrogens (tertiary/aromatic N) is 1. The number of carbonyl (C=O) groups is 2. The number of rotatable bonds is 12. The van der Waals surface area contributed by atoms with Gasteiger partial charge in [-0.15, -0.1) is 0 Å². The van der Waals surface area contributed by atoms with Crippen LogP contribution in [0.1, 0.15) is 91.8 Å². The fourth-order valence-electron chi connectivity index (χ4n) is 5.02. The second kappa shape index (κ2) is 17.1. The van der Waals surface area contributed by atoms with E-state index in [1.54, 1.807) is 0 Å². The van der Waals surface area contributed by atoms with Crippen molar-refractivity contribution in [1.82, 2.24) is 10.2 Å². The van der Waals surface area contributed by atoms with Gasteiger partial charge in [-0.1, -0.05) is 112 Å². The van der Waals surface area contributed by atoms with Crippen LogP contribution in [0.25, 0.3) is 0 Å². The molecular weight excluding hydrogens is 548 g/mol. The molecule has 3 rings (SSSR count). The number of esters is 2. The van der Waals surface area contributed by atoms with E-state index in [0.29, 0.717) is 0 Å². The molecule has 1 N–H and O–H groups in total. The Bertz CT molecular complexity index is 1140. The number of nitrogens with one attached hydrogen (secondary N) is 1. The summed E-state index contributed by atoms with van der Waals surface area (Å²) in [6, 6.07) is 29.3. The number of ether oxygens (including phenoxy) is 2. The average molecular weight is 603 g/mol. The highest BCUT2D eigenvalue weighted by atomic mass is 16.6. The van der Waals surface area contributed by atoms with Crippen molar-refractivity contribution < 1.29 is 19.1 Å². The van der Waals surface area contributed by atoms with Gasteiger partial charge in [-0.2, -0.15) is 0 Å². The van der Waals surface area contributed by atoms with E-state index in [4.69, 9.17) is 9.47 Å². The molecule has 0 aliphatic carbocycles. The Morgan fingerprint density at radius 3 is 1.30 bits per heavy atom. The first-order valence-electron chi connectivity index (χ1n) is 15.9. The molecule has 0 amide bonds. The Balaban J connectivity index is 0.000000860. The molecule has 0 unspecified atom stereocenters. The maximum absolute atomic E-state index is 13.6. The number of benzene rings is 3. The van der Waals surface area contributed by atoms with Crippen molar-refractivity contribution in [3.8, 4) is 0 Å². The molecule has 1 atom stereocenters. The van der Waals surface area contributed by atoms with E-state index >= 15 is 0 Å². The quantitative estimate of drug-likeness (QED) is 0.169. The van der Waals surface area contributed by atoms with Gasteiger partial charge in [-0.3, -0.25) is 14.9 Å². The third-order valence-corrected chi connectivity index (χ3v) is 7.10. The Kier molecular flexibility index (Phi) is 14.3. The summed E-state index contributed by atoms with van der Waals surface area (Å²) in [7, 11) is 0. The van der Waals surface area contributed by atoms with Gasteiger partial charge in [0.1, 0.15) is 17.2 Å². The van der Waals surface area contributed by atoms with Crippen molar-refractivity contribution in [3.05, 3.63) is 108 Å². The van der Waals surface area contributed by atoms with E-state index in [2.05, 4.69) is 31.0 Å². The van der Waals surface area contributed by atoms with Crippen molar-refractivity contribution in [2.24, 2.45) is 0 Å². The molecule has 0 spiro atoms. The van der Waals surface area contributed by atoms with Crippen LogP contribution < -0.4 is 5.32 Å². The van der Waals surface area contributed by atoms with Crippen LogP contribution in [0.5, 0.6) is 0 Å². The molecule has 0 saturated carbocycles. The molecule has 240 valence electrons. The van der Waals surface area contributed by atoms with Crippen molar-refractivity contribution in [2.75, 3.05) is 19.6 Å². The van der Waals surface area contributed by atoms with Crippen LogP contribution >= 0.6 is 0 Å². The maximum atomic E-state index is 13.6. The second-order valence-electron chi connectivity index (χ2n) is 12.8. The molecule has 0 radical (unpaired) electrons. The minimum absolute atomic E-state index is 0.0721.